The maximum Gasteiger partial charge on any atom is 0.170 e. The van der Waals surface area contributed by atoms with E-state index in [0.29, 0.717) is 17.3 Å². The molecule has 0 bridgehead atoms. The van der Waals surface area contributed by atoms with E-state index < -0.39 is 0 Å². The molecule has 1 aromatic rings. The van der Waals surface area contributed by atoms with E-state index in [1.165, 1.54) is 0 Å². The molecule has 0 fully saturated rings. The fraction of sp³-hybridized carbons (Fsp3) is 0.222. The number of aliphatic hydroxyl groups excluding tert-OH is 1. The molecule has 0 saturated heterocycles. The molecule has 0 radical (unpaired) electrons. The fourth-order valence-corrected chi connectivity index (χ4v) is 1.13. The maximum absolute atomic E-state index is 8.55. The van der Waals surface area contributed by atoms with Crippen molar-refractivity contribution in [1.29, 1.82) is 0 Å². The highest BCUT2D eigenvalue weighted by atomic mass is 32.1. The first kappa shape index (κ1) is 10.7. The average Bonchev–Trinajstić information content (AvgIpc) is 2.18. The smallest absolute Gasteiger partial charge is 0.170 e. The average molecular weight is 211 g/mol. The molecule has 0 spiro atoms. The first-order valence-electron chi connectivity index (χ1n) is 4.23. The van der Waals surface area contributed by atoms with Gasteiger partial charge in [0, 0.05) is 17.9 Å². The van der Waals surface area contributed by atoms with E-state index in [-0.39, 0.29) is 6.61 Å². The zero-order chi connectivity index (χ0) is 10.4. The number of anilines is 2. The Labute approximate surface area is 88.1 Å². The van der Waals surface area contributed by atoms with Crippen molar-refractivity contribution in [1.82, 2.24) is 5.32 Å². The molecule has 5 N–H and O–H groups in total. The normalized spacial score (nSPS) is 9.50. The van der Waals surface area contributed by atoms with E-state index in [1.54, 1.807) is 12.1 Å². The molecule has 0 unspecified atom stereocenters. The Morgan fingerprint density at radius 3 is 2.57 bits per heavy atom. The van der Waals surface area contributed by atoms with Gasteiger partial charge in [-0.3, -0.25) is 0 Å². The molecule has 0 amide bonds. The number of nitrogens with two attached hydrogens (primary N) is 1. The molecule has 1 rings (SSSR count). The van der Waals surface area contributed by atoms with Crippen molar-refractivity contribution in [3.8, 4) is 0 Å². The van der Waals surface area contributed by atoms with Crippen LogP contribution in [0.2, 0.25) is 0 Å². The summed E-state index contributed by atoms with van der Waals surface area (Å²) in [4.78, 5) is 0. The van der Waals surface area contributed by atoms with Gasteiger partial charge in [0.25, 0.3) is 0 Å². The molecule has 0 atom stereocenters. The molecule has 0 saturated carbocycles. The summed E-state index contributed by atoms with van der Waals surface area (Å²) in [5, 5.41) is 14.8. The summed E-state index contributed by atoms with van der Waals surface area (Å²) in [6, 6.07) is 7.25. The highest BCUT2D eigenvalue weighted by Gasteiger charge is 1.95. The maximum atomic E-state index is 8.55. The third kappa shape index (κ3) is 3.59. The third-order valence-electron chi connectivity index (χ3n) is 1.57. The number of hydrogen-bond donors (Lipinski definition) is 4. The largest absolute Gasteiger partial charge is 0.399 e. The van der Waals surface area contributed by atoms with Crippen molar-refractivity contribution >= 4 is 28.7 Å². The van der Waals surface area contributed by atoms with Crippen LogP contribution in [-0.4, -0.2) is 23.4 Å². The number of benzene rings is 1. The van der Waals surface area contributed by atoms with Gasteiger partial charge in [-0.15, -0.1) is 0 Å². The predicted octanol–water partition coefficient (Wildman–Crippen LogP) is 0.547. The van der Waals surface area contributed by atoms with Crippen molar-refractivity contribution in [2.24, 2.45) is 0 Å². The molecule has 14 heavy (non-hydrogen) atoms. The minimum absolute atomic E-state index is 0.0591. The van der Waals surface area contributed by atoms with Gasteiger partial charge < -0.3 is 21.5 Å². The van der Waals surface area contributed by atoms with Crippen LogP contribution in [0.15, 0.2) is 24.3 Å². The van der Waals surface area contributed by atoms with Crippen LogP contribution in [0.4, 0.5) is 11.4 Å². The van der Waals surface area contributed by atoms with E-state index in [9.17, 15) is 0 Å². The Kier molecular flexibility index (Phi) is 4.15. The summed E-state index contributed by atoms with van der Waals surface area (Å²) in [6.45, 7) is 0.504. The number of hydrogen-bond acceptors (Lipinski definition) is 3. The number of nitrogen functional groups attached to an aromatic ring is 1. The zero-order valence-electron chi connectivity index (χ0n) is 7.66. The second kappa shape index (κ2) is 5.41. The molecule has 0 aliphatic carbocycles. The highest BCUT2D eigenvalue weighted by molar-refractivity contribution is 7.80. The van der Waals surface area contributed by atoms with Crippen LogP contribution in [0.25, 0.3) is 0 Å². The van der Waals surface area contributed by atoms with Crippen LogP contribution in [0.1, 0.15) is 0 Å². The van der Waals surface area contributed by atoms with Crippen LogP contribution < -0.4 is 16.4 Å². The Hall–Kier alpha value is -1.33. The van der Waals surface area contributed by atoms with Crippen LogP contribution in [0, 0.1) is 0 Å². The van der Waals surface area contributed by atoms with Crippen LogP contribution in [-0.2, 0) is 0 Å². The summed E-state index contributed by atoms with van der Waals surface area (Å²) < 4.78 is 0. The minimum atomic E-state index is 0.0591. The number of rotatable bonds is 3. The molecule has 0 aromatic heterocycles. The molecule has 76 valence electrons. The lowest BCUT2D eigenvalue weighted by molar-refractivity contribution is 0.301. The van der Waals surface area contributed by atoms with Gasteiger partial charge in [-0.05, 0) is 36.5 Å². The summed E-state index contributed by atoms with van der Waals surface area (Å²) in [5.41, 5.74) is 7.11. The summed E-state index contributed by atoms with van der Waals surface area (Å²) in [6.07, 6.45) is 0. The summed E-state index contributed by atoms with van der Waals surface area (Å²) >= 11 is 4.97. The minimum Gasteiger partial charge on any atom is -0.399 e. The molecular formula is C9H13N3OS. The first-order valence-corrected chi connectivity index (χ1v) is 4.64. The van der Waals surface area contributed by atoms with E-state index in [4.69, 9.17) is 23.1 Å². The molecule has 4 nitrogen and oxygen atoms in total. The summed E-state index contributed by atoms with van der Waals surface area (Å²) in [7, 11) is 0. The molecule has 0 aliphatic rings. The lowest BCUT2D eigenvalue weighted by Gasteiger charge is -2.09. The van der Waals surface area contributed by atoms with Gasteiger partial charge in [-0.25, -0.2) is 0 Å². The van der Waals surface area contributed by atoms with E-state index in [2.05, 4.69) is 10.6 Å². The third-order valence-corrected chi connectivity index (χ3v) is 1.81. The number of nitrogens with one attached hydrogen (secondary N) is 2. The van der Waals surface area contributed by atoms with Crippen LogP contribution >= 0.6 is 12.2 Å². The van der Waals surface area contributed by atoms with E-state index in [1.807, 2.05) is 12.1 Å². The monoisotopic (exact) mass is 211 g/mol. The Balaban J connectivity index is 2.44. The number of aliphatic hydroxyl groups is 1. The zero-order valence-corrected chi connectivity index (χ0v) is 8.47. The Morgan fingerprint density at radius 2 is 2.00 bits per heavy atom. The van der Waals surface area contributed by atoms with Crippen molar-refractivity contribution in [2.75, 3.05) is 24.2 Å². The van der Waals surface area contributed by atoms with E-state index in [0.717, 1.165) is 5.69 Å². The molecule has 5 heteroatoms. The SMILES string of the molecule is Nc1ccc(NC(=S)NCCO)cc1. The van der Waals surface area contributed by atoms with Crippen molar-refractivity contribution in [3.63, 3.8) is 0 Å². The van der Waals surface area contributed by atoms with Gasteiger partial charge in [-0.1, -0.05) is 0 Å². The molecule has 0 heterocycles. The molecular weight excluding hydrogens is 198 g/mol. The van der Waals surface area contributed by atoms with Crippen molar-refractivity contribution in [2.45, 2.75) is 0 Å². The second-order valence-corrected chi connectivity index (χ2v) is 3.13. The van der Waals surface area contributed by atoms with Crippen LogP contribution in [0.5, 0.6) is 0 Å². The topological polar surface area (TPSA) is 70.3 Å². The van der Waals surface area contributed by atoms with Crippen molar-refractivity contribution in [3.05, 3.63) is 24.3 Å². The molecule has 1 aromatic carbocycles. The Morgan fingerprint density at radius 1 is 1.36 bits per heavy atom. The lowest BCUT2D eigenvalue weighted by atomic mass is 10.3. The van der Waals surface area contributed by atoms with Gasteiger partial charge in [0.2, 0.25) is 0 Å². The summed E-state index contributed by atoms with van der Waals surface area (Å²) in [5.74, 6) is 0. The van der Waals surface area contributed by atoms with E-state index >= 15 is 0 Å². The van der Waals surface area contributed by atoms with Gasteiger partial charge in [0.05, 0.1) is 6.61 Å². The van der Waals surface area contributed by atoms with Gasteiger partial charge in [-0.2, -0.15) is 0 Å². The molecule has 0 aliphatic heterocycles. The lowest BCUT2D eigenvalue weighted by Crippen LogP contribution is -2.30. The van der Waals surface area contributed by atoms with Gasteiger partial charge in [0.1, 0.15) is 0 Å². The quantitative estimate of drug-likeness (QED) is 0.434. The van der Waals surface area contributed by atoms with Gasteiger partial charge in [0.15, 0.2) is 5.11 Å². The predicted molar refractivity (Wildman–Crippen MR) is 62.2 cm³/mol. The second-order valence-electron chi connectivity index (χ2n) is 2.73. The van der Waals surface area contributed by atoms with Gasteiger partial charge >= 0.3 is 0 Å². The van der Waals surface area contributed by atoms with Crippen LogP contribution in [0.3, 0.4) is 0 Å². The first-order chi connectivity index (χ1) is 6.72. The highest BCUT2D eigenvalue weighted by Crippen LogP contribution is 2.09. The van der Waals surface area contributed by atoms with Crippen molar-refractivity contribution < 1.29 is 5.11 Å². The fourth-order valence-electron chi connectivity index (χ4n) is 0.911. The Bertz CT molecular complexity index is 299. The number of thiocarbonyl (C=S) groups is 1. The standard InChI is InChI=1S/C9H13N3OS/c10-7-1-3-8(4-2-7)12-9(14)11-5-6-13/h1-4,13H,5-6,10H2,(H2,11,12,14).